The van der Waals surface area contributed by atoms with Crippen LogP contribution < -0.4 is 10.1 Å². The van der Waals surface area contributed by atoms with Crippen molar-refractivity contribution >= 4 is 23.1 Å². The lowest BCUT2D eigenvalue weighted by Crippen LogP contribution is -2.31. The van der Waals surface area contributed by atoms with Crippen molar-refractivity contribution in [1.29, 1.82) is 0 Å². The van der Waals surface area contributed by atoms with Gasteiger partial charge in [0, 0.05) is 5.69 Å². The smallest absolute Gasteiger partial charge is 0.278 e. The van der Waals surface area contributed by atoms with Crippen LogP contribution in [0.5, 0.6) is 5.75 Å². The van der Waals surface area contributed by atoms with E-state index in [1.54, 1.807) is 31.4 Å². The number of ether oxygens (including phenoxy) is 1. The van der Waals surface area contributed by atoms with E-state index in [1.165, 1.54) is 29.2 Å². The summed E-state index contributed by atoms with van der Waals surface area (Å²) in [5, 5.41) is 3.01. The molecule has 1 aliphatic rings. The van der Waals surface area contributed by atoms with Crippen molar-refractivity contribution in [2.75, 3.05) is 12.4 Å². The number of anilines is 1. The van der Waals surface area contributed by atoms with Crippen LogP contribution in [0.3, 0.4) is 0 Å². The highest BCUT2D eigenvalue weighted by Crippen LogP contribution is 2.32. The molecule has 0 fully saturated rings. The molecule has 5 nitrogen and oxygen atoms in total. The third-order valence-corrected chi connectivity index (χ3v) is 4.84. The fourth-order valence-corrected chi connectivity index (χ4v) is 3.30. The van der Waals surface area contributed by atoms with Gasteiger partial charge in [0.2, 0.25) is 0 Å². The SMILES string of the molecule is COc1ccc(C2=C(Nc3ccc(F)cc3)C(=O)N(Cc3ccccc3)C2=O)cc1. The Labute approximate surface area is 173 Å². The average molecular weight is 402 g/mol. The van der Waals surface area contributed by atoms with E-state index in [4.69, 9.17) is 4.74 Å². The number of carbonyl (C=O) groups is 2. The van der Waals surface area contributed by atoms with Crippen LogP contribution in [0.1, 0.15) is 11.1 Å². The summed E-state index contributed by atoms with van der Waals surface area (Å²) in [4.78, 5) is 27.6. The molecule has 3 aromatic rings. The lowest BCUT2D eigenvalue weighted by molar-refractivity contribution is -0.137. The number of carbonyl (C=O) groups excluding carboxylic acids is 2. The Morgan fingerprint density at radius 2 is 1.53 bits per heavy atom. The van der Waals surface area contributed by atoms with Crippen molar-refractivity contribution in [3.05, 3.63) is 102 Å². The van der Waals surface area contributed by atoms with E-state index in [9.17, 15) is 14.0 Å². The summed E-state index contributed by atoms with van der Waals surface area (Å²) in [6.45, 7) is 0.159. The van der Waals surface area contributed by atoms with Crippen molar-refractivity contribution in [2.24, 2.45) is 0 Å². The quantitative estimate of drug-likeness (QED) is 0.627. The molecule has 0 saturated carbocycles. The summed E-state index contributed by atoms with van der Waals surface area (Å²) in [5.41, 5.74) is 2.38. The number of nitrogens with zero attached hydrogens (tertiary/aromatic N) is 1. The van der Waals surface area contributed by atoms with Crippen LogP contribution in [0.25, 0.3) is 5.57 Å². The third-order valence-electron chi connectivity index (χ3n) is 4.84. The van der Waals surface area contributed by atoms with Gasteiger partial charge in [-0.1, -0.05) is 42.5 Å². The highest BCUT2D eigenvalue weighted by Gasteiger charge is 2.39. The number of nitrogens with one attached hydrogen (secondary N) is 1. The Morgan fingerprint density at radius 3 is 2.17 bits per heavy atom. The third kappa shape index (κ3) is 3.80. The highest BCUT2D eigenvalue weighted by molar-refractivity contribution is 6.36. The first kappa shape index (κ1) is 19.4. The van der Waals surface area contributed by atoms with Gasteiger partial charge in [-0.2, -0.15) is 0 Å². The number of hydrogen-bond donors (Lipinski definition) is 1. The Balaban J connectivity index is 1.73. The van der Waals surface area contributed by atoms with E-state index in [2.05, 4.69) is 5.32 Å². The van der Waals surface area contributed by atoms with Crippen LogP contribution in [0.2, 0.25) is 0 Å². The number of hydrogen-bond acceptors (Lipinski definition) is 4. The molecule has 6 heteroatoms. The molecule has 3 aromatic carbocycles. The van der Waals surface area contributed by atoms with Gasteiger partial charge in [0.15, 0.2) is 0 Å². The molecule has 1 N–H and O–H groups in total. The molecule has 1 aliphatic heterocycles. The van der Waals surface area contributed by atoms with Crippen LogP contribution >= 0.6 is 0 Å². The van der Waals surface area contributed by atoms with Gasteiger partial charge in [0.05, 0.1) is 19.2 Å². The first-order valence-corrected chi connectivity index (χ1v) is 9.38. The highest BCUT2D eigenvalue weighted by atomic mass is 19.1. The fraction of sp³-hybridized carbons (Fsp3) is 0.0833. The maximum Gasteiger partial charge on any atom is 0.278 e. The Morgan fingerprint density at radius 1 is 0.867 bits per heavy atom. The largest absolute Gasteiger partial charge is 0.497 e. The monoisotopic (exact) mass is 402 g/mol. The molecule has 0 unspecified atom stereocenters. The van der Waals surface area contributed by atoms with E-state index >= 15 is 0 Å². The van der Waals surface area contributed by atoms with Gasteiger partial charge in [0.25, 0.3) is 11.8 Å². The number of imide groups is 1. The van der Waals surface area contributed by atoms with Gasteiger partial charge < -0.3 is 10.1 Å². The molecular weight excluding hydrogens is 383 g/mol. The first-order chi connectivity index (χ1) is 14.6. The molecule has 0 radical (unpaired) electrons. The zero-order valence-corrected chi connectivity index (χ0v) is 16.3. The number of halogens is 1. The average Bonchev–Trinajstić information content (AvgIpc) is 3.00. The summed E-state index contributed by atoms with van der Waals surface area (Å²) in [6, 6.07) is 21.9. The number of amides is 2. The van der Waals surface area contributed by atoms with Gasteiger partial charge >= 0.3 is 0 Å². The van der Waals surface area contributed by atoms with Crippen molar-refractivity contribution in [3.8, 4) is 5.75 Å². The second-order valence-corrected chi connectivity index (χ2v) is 6.79. The van der Waals surface area contributed by atoms with Crippen LogP contribution in [0.4, 0.5) is 10.1 Å². The molecule has 0 bridgehead atoms. The molecule has 1 heterocycles. The standard InChI is InChI=1S/C24H19FN2O3/c1-30-20-13-7-17(8-14-20)21-22(26-19-11-9-18(25)10-12-19)24(29)27(23(21)28)15-16-5-3-2-4-6-16/h2-14,26H,15H2,1H3. The lowest BCUT2D eigenvalue weighted by atomic mass is 10.0. The number of methoxy groups -OCH3 is 1. The molecule has 0 atom stereocenters. The minimum absolute atomic E-state index is 0.159. The van der Waals surface area contributed by atoms with Crippen molar-refractivity contribution < 1.29 is 18.7 Å². The molecule has 0 spiro atoms. The summed E-state index contributed by atoms with van der Waals surface area (Å²) in [5.74, 6) is -0.563. The van der Waals surface area contributed by atoms with Crippen LogP contribution in [-0.2, 0) is 16.1 Å². The van der Waals surface area contributed by atoms with Crippen molar-refractivity contribution in [3.63, 3.8) is 0 Å². The molecule has 0 aliphatic carbocycles. The van der Waals surface area contributed by atoms with Gasteiger partial charge in [0.1, 0.15) is 17.3 Å². The molecule has 2 amide bonds. The zero-order chi connectivity index (χ0) is 21.1. The molecule has 0 saturated heterocycles. The van der Waals surface area contributed by atoms with Gasteiger partial charge in [-0.3, -0.25) is 14.5 Å². The molecule has 150 valence electrons. The van der Waals surface area contributed by atoms with Crippen molar-refractivity contribution in [2.45, 2.75) is 6.54 Å². The minimum Gasteiger partial charge on any atom is -0.497 e. The summed E-state index contributed by atoms with van der Waals surface area (Å²) < 4.78 is 18.5. The van der Waals surface area contributed by atoms with Gasteiger partial charge in [-0.25, -0.2) is 4.39 Å². The predicted octanol–water partition coefficient (Wildman–Crippen LogP) is 4.23. The topological polar surface area (TPSA) is 58.6 Å². The normalized spacial score (nSPS) is 13.7. The Hall–Kier alpha value is -3.93. The fourth-order valence-electron chi connectivity index (χ4n) is 3.30. The van der Waals surface area contributed by atoms with Crippen molar-refractivity contribution in [1.82, 2.24) is 4.90 Å². The molecule has 0 aromatic heterocycles. The molecular formula is C24H19FN2O3. The Bertz CT molecular complexity index is 1110. The van der Waals surface area contributed by atoms with E-state index in [0.717, 1.165) is 5.56 Å². The van der Waals surface area contributed by atoms with Gasteiger partial charge in [-0.05, 0) is 47.5 Å². The van der Waals surface area contributed by atoms with Crippen LogP contribution in [0.15, 0.2) is 84.6 Å². The Kier molecular flexibility index (Phi) is 5.30. The van der Waals surface area contributed by atoms with E-state index in [1.807, 2.05) is 30.3 Å². The van der Waals surface area contributed by atoms with Gasteiger partial charge in [-0.15, -0.1) is 0 Å². The molecule has 30 heavy (non-hydrogen) atoms. The van der Waals surface area contributed by atoms with E-state index < -0.39 is 11.8 Å². The number of rotatable bonds is 6. The maximum absolute atomic E-state index is 13.3. The first-order valence-electron chi connectivity index (χ1n) is 9.38. The summed E-state index contributed by atoms with van der Waals surface area (Å²) in [6.07, 6.45) is 0. The zero-order valence-electron chi connectivity index (χ0n) is 16.3. The second kappa shape index (κ2) is 8.21. The summed E-state index contributed by atoms with van der Waals surface area (Å²) in [7, 11) is 1.56. The van der Waals surface area contributed by atoms with Crippen LogP contribution in [-0.4, -0.2) is 23.8 Å². The van der Waals surface area contributed by atoms with E-state index in [0.29, 0.717) is 17.0 Å². The second-order valence-electron chi connectivity index (χ2n) is 6.79. The van der Waals surface area contributed by atoms with E-state index in [-0.39, 0.29) is 23.6 Å². The molecule has 4 rings (SSSR count). The maximum atomic E-state index is 13.3. The van der Waals surface area contributed by atoms with Crippen LogP contribution in [0, 0.1) is 5.82 Å². The lowest BCUT2D eigenvalue weighted by Gasteiger charge is -2.15. The summed E-state index contributed by atoms with van der Waals surface area (Å²) >= 11 is 0. The minimum atomic E-state index is -0.431. The number of benzene rings is 3. The predicted molar refractivity (Wildman–Crippen MR) is 112 cm³/mol.